The van der Waals surface area contributed by atoms with E-state index in [0.29, 0.717) is 30.2 Å². The average Bonchev–Trinajstić information content (AvgIpc) is 2.72. The minimum Gasteiger partial charge on any atom is -0.493 e. The van der Waals surface area contributed by atoms with Gasteiger partial charge in [0.1, 0.15) is 12.4 Å². The summed E-state index contributed by atoms with van der Waals surface area (Å²) in [6.45, 7) is 10.4. The van der Waals surface area contributed by atoms with Crippen LogP contribution in [-0.4, -0.2) is 44.5 Å². The second-order valence-electron chi connectivity index (χ2n) is 7.99. The van der Waals surface area contributed by atoms with E-state index in [2.05, 4.69) is 5.32 Å². The third kappa shape index (κ3) is 8.50. The van der Waals surface area contributed by atoms with Crippen molar-refractivity contribution in [3.63, 3.8) is 0 Å². The lowest BCUT2D eigenvalue weighted by Crippen LogP contribution is -2.42. The first kappa shape index (κ1) is 24.5. The van der Waals surface area contributed by atoms with Crippen LogP contribution in [0, 0.1) is 6.92 Å². The van der Waals surface area contributed by atoms with Crippen LogP contribution in [-0.2, 0) is 16.0 Å². The zero-order valence-electron chi connectivity index (χ0n) is 19.4. The van der Waals surface area contributed by atoms with E-state index in [1.165, 1.54) is 0 Å². The lowest BCUT2D eigenvalue weighted by molar-refractivity contribution is -0.137. The highest BCUT2D eigenvalue weighted by Gasteiger charge is 2.21. The van der Waals surface area contributed by atoms with Gasteiger partial charge in [0.25, 0.3) is 5.91 Å². The van der Waals surface area contributed by atoms with E-state index in [-0.39, 0.29) is 24.7 Å². The lowest BCUT2D eigenvalue weighted by Gasteiger charge is -2.20. The standard InChI is InChI=1S/C25H35NO5/c1-17(2)30-22-12-9-20(15-23(22)28-6)13-14-26-25(27)24(31-18(3)4)16-29-21-10-7-19(5)8-11-21/h7-12,15,17-18,24H,13-14,16H2,1-6H3,(H,26,27)/t24-/m1/s1. The van der Waals surface area contributed by atoms with E-state index in [4.69, 9.17) is 18.9 Å². The Bertz CT molecular complexity index is 817. The maximum atomic E-state index is 12.7. The Morgan fingerprint density at radius 1 is 0.968 bits per heavy atom. The molecule has 2 rings (SSSR count). The van der Waals surface area contributed by atoms with E-state index in [9.17, 15) is 4.79 Å². The third-order valence-corrected chi connectivity index (χ3v) is 4.45. The van der Waals surface area contributed by atoms with Gasteiger partial charge in [-0.15, -0.1) is 0 Å². The normalized spacial score (nSPS) is 12.0. The fourth-order valence-corrected chi connectivity index (χ4v) is 2.97. The van der Waals surface area contributed by atoms with Gasteiger partial charge in [-0.25, -0.2) is 0 Å². The highest BCUT2D eigenvalue weighted by Crippen LogP contribution is 2.29. The van der Waals surface area contributed by atoms with Gasteiger partial charge in [0.05, 0.1) is 19.3 Å². The molecule has 0 radical (unpaired) electrons. The molecule has 0 spiro atoms. The summed E-state index contributed by atoms with van der Waals surface area (Å²) in [4.78, 5) is 12.7. The Hall–Kier alpha value is -2.73. The molecule has 0 aliphatic carbocycles. The highest BCUT2D eigenvalue weighted by molar-refractivity contribution is 5.81. The molecule has 170 valence electrons. The Kier molecular flexibility index (Phi) is 9.66. The average molecular weight is 430 g/mol. The molecular formula is C25H35NO5. The summed E-state index contributed by atoms with van der Waals surface area (Å²) >= 11 is 0. The van der Waals surface area contributed by atoms with E-state index >= 15 is 0 Å². The first-order valence-corrected chi connectivity index (χ1v) is 10.7. The number of hydrogen-bond acceptors (Lipinski definition) is 5. The fraction of sp³-hybridized carbons (Fsp3) is 0.480. The number of hydrogen-bond donors (Lipinski definition) is 1. The van der Waals surface area contributed by atoms with E-state index in [1.54, 1.807) is 7.11 Å². The summed E-state index contributed by atoms with van der Waals surface area (Å²) in [5, 5.41) is 2.95. The fourth-order valence-electron chi connectivity index (χ4n) is 2.97. The first-order valence-electron chi connectivity index (χ1n) is 10.7. The molecule has 0 aromatic heterocycles. The molecule has 0 saturated heterocycles. The van der Waals surface area contributed by atoms with Gasteiger partial charge in [-0.3, -0.25) is 4.79 Å². The van der Waals surface area contributed by atoms with Crippen LogP contribution in [0.3, 0.4) is 0 Å². The molecule has 0 aliphatic rings. The number of rotatable bonds is 12. The summed E-state index contributed by atoms with van der Waals surface area (Å²) < 4.78 is 22.7. The van der Waals surface area contributed by atoms with Crippen molar-refractivity contribution in [1.29, 1.82) is 0 Å². The maximum absolute atomic E-state index is 12.7. The smallest absolute Gasteiger partial charge is 0.252 e. The molecule has 0 unspecified atom stereocenters. The van der Waals surface area contributed by atoms with Gasteiger partial charge < -0.3 is 24.3 Å². The van der Waals surface area contributed by atoms with Gasteiger partial charge in [0.2, 0.25) is 0 Å². The Morgan fingerprint density at radius 2 is 1.68 bits per heavy atom. The molecule has 1 N–H and O–H groups in total. The summed E-state index contributed by atoms with van der Waals surface area (Å²) in [6, 6.07) is 13.5. The van der Waals surface area contributed by atoms with Crippen molar-refractivity contribution in [2.24, 2.45) is 0 Å². The number of carbonyl (C=O) groups is 1. The van der Waals surface area contributed by atoms with Gasteiger partial charge in [-0.1, -0.05) is 23.8 Å². The number of amides is 1. The van der Waals surface area contributed by atoms with Crippen molar-refractivity contribution < 1.29 is 23.7 Å². The molecule has 2 aromatic rings. The van der Waals surface area contributed by atoms with Gasteiger partial charge in [0, 0.05) is 6.54 Å². The van der Waals surface area contributed by atoms with Crippen LogP contribution in [0.2, 0.25) is 0 Å². The number of ether oxygens (including phenoxy) is 4. The summed E-state index contributed by atoms with van der Waals surface area (Å²) in [6.07, 6.45) is -0.0380. The van der Waals surface area contributed by atoms with Crippen LogP contribution in [0.5, 0.6) is 17.2 Å². The molecule has 0 bridgehead atoms. The van der Waals surface area contributed by atoms with Crippen LogP contribution in [0.1, 0.15) is 38.8 Å². The number of benzene rings is 2. The third-order valence-electron chi connectivity index (χ3n) is 4.45. The predicted octanol–water partition coefficient (Wildman–Crippen LogP) is 4.32. The number of aryl methyl sites for hydroxylation is 1. The van der Waals surface area contributed by atoms with E-state index in [1.807, 2.05) is 77.1 Å². The molecule has 2 aromatic carbocycles. The van der Waals surface area contributed by atoms with Crippen molar-refractivity contribution in [2.75, 3.05) is 20.3 Å². The Labute approximate surface area is 185 Å². The van der Waals surface area contributed by atoms with Crippen molar-refractivity contribution in [3.05, 3.63) is 53.6 Å². The monoisotopic (exact) mass is 429 g/mol. The minimum absolute atomic E-state index is 0.0686. The number of methoxy groups -OCH3 is 1. The molecule has 1 atom stereocenters. The maximum Gasteiger partial charge on any atom is 0.252 e. The van der Waals surface area contributed by atoms with Crippen LogP contribution < -0.4 is 19.5 Å². The van der Waals surface area contributed by atoms with Crippen molar-refractivity contribution in [2.45, 2.75) is 59.4 Å². The number of carbonyl (C=O) groups excluding carboxylic acids is 1. The van der Waals surface area contributed by atoms with Gasteiger partial charge in [-0.05, 0) is 70.9 Å². The number of nitrogens with one attached hydrogen (secondary N) is 1. The SMILES string of the molecule is COc1cc(CCNC(=O)[C@@H](COc2ccc(C)cc2)OC(C)C)ccc1OC(C)C. The summed E-state index contributed by atoms with van der Waals surface area (Å²) in [5.41, 5.74) is 2.20. The lowest BCUT2D eigenvalue weighted by atomic mass is 10.1. The second kappa shape index (κ2) is 12.2. The van der Waals surface area contributed by atoms with Gasteiger partial charge in [0.15, 0.2) is 17.6 Å². The largest absolute Gasteiger partial charge is 0.493 e. The van der Waals surface area contributed by atoms with Crippen LogP contribution in [0.4, 0.5) is 0 Å². The van der Waals surface area contributed by atoms with E-state index < -0.39 is 6.10 Å². The topological polar surface area (TPSA) is 66.0 Å². The molecule has 6 heteroatoms. The Balaban J connectivity index is 1.90. The van der Waals surface area contributed by atoms with Crippen molar-refractivity contribution >= 4 is 5.91 Å². The second-order valence-corrected chi connectivity index (χ2v) is 7.99. The highest BCUT2D eigenvalue weighted by atomic mass is 16.5. The molecule has 0 aliphatic heterocycles. The summed E-state index contributed by atoms with van der Waals surface area (Å²) in [7, 11) is 1.62. The quantitative estimate of drug-likeness (QED) is 0.544. The van der Waals surface area contributed by atoms with Gasteiger partial charge >= 0.3 is 0 Å². The molecule has 31 heavy (non-hydrogen) atoms. The Morgan fingerprint density at radius 3 is 2.29 bits per heavy atom. The predicted molar refractivity (Wildman–Crippen MR) is 122 cm³/mol. The molecular weight excluding hydrogens is 394 g/mol. The molecule has 6 nitrogen and oxygen atoms in total. The van der Waals surface area contributed by atoms with Gasteiger partial charge in [-0.2, -0.15) is 0 Å². The summed E-state index contributed by atoms with van der Waals surface area (Å²) in [5.74, 6) is 1.92. The molecule has 0 heterocycles. The zero-order chi connectivity index (χ0) is 22.8. The van der Waals surface area contributed by atoms with Crippen molar-refractivity contribution in [1.82, 2.24) is 5.32 Å². The van der Waals surface area contributed by atoms with Crippen LogP contribution in [0.15, 0.2) is 42.5 Å². The van der Waals surface area contributed by atoms with E-state index in [0.717, 1.165) is 11.1 Å². The first-order chi connectivity index (χ1) is 14.8. The molecule has 1 amide bonds. The van der Waals surface area contributed by atoms with Crippen LogP contribution >= 0.6 is 0 Å². The molecule has 0 saturated carbocycles. The van der Waals surface area contributed by atoms with Crippen LogP contribution in [0.25, 0.3) is 0 Å². The van der Waals surface area contributed by atoms with Crippen molar-refractivity contribution in [3.8, 4) is 17.2 Å². The molecule has 0 fully saturated rings. The minimum atomic E-state index is -0.683. The zero-order valence-corrected chi connectivity index (χ0v) is 19.4.